The Morgan fingerprint density at radius 1 is 0.750 bits per heavy atom. The molecule has 1 fully saturated rings. The highest BCUT2D eigenvalue weighted by molar-refractivity contribution is 6.31. The zero-order valence-corrected chi connectivity index (χ0v) is 30.1. The third-order valence-corrected chi connectivity index (χ3v) is 10.8. The van der Waals surface area contributed by atoms with Crippen molar-refractivity contribution in [1.29, 1.82) is 0 Å². The molecule has 8 rings (SSSR count). The van der Waals surface area contributed by atoms with Gasteiger partial charge in [-0.25, -0.2) is 0 Å². The molecule has 6 aromatic rings. The molecule has 0 N–H and O–H groups in total. The van der Waals surface area contributed by atoms with E-state index in [2.05, 4.69) is 67.6 Å². The van der Waals surface area contributed by atoms with Gasteiger partial charge in [0.15, 0.2) is 5.54 Å². The Hall–Kier alpha value is -5.40. The predicted molar refractivity (Wildman–Crippen MR) is 207 cm³/mol. The summed E-state index contributed by atoms with van der Waals surface area (Å²) in [7, 11) is 0. The van der Waals surface area contributed by atoms with E-state index in [1.807, 2.05) is 77.7 Å². The summed E-state index contributed by atoms with van der Waals surface area (Å²) in [6.45, 7) is 2.69. The highest BCUT2D eigenvalue weighted by Crippen LogP contribution is 2.42. The first-order chi connectivity index (χ1) is 25.5. The molecular formula is C44H41ClN6O. The minimum atomic E-state index is -0.882. The van der Waals surface area contributed by atoms with E-state index in [0.29, 0.717) is 17.4 Å². The maximum absolute atomic E-state index is 13.8. The molecule has 0 saturated heterocycles. The lowest BCUT2D eigenvalue weighted by Gasteiger charge is -2.34. The zero-order valence-electron chi connectivity index (χ0n) is 29.3. The Bertz CT molecular complexity index is 2100. The van der Waals surface area contributed by atoms with Crippen molar-refractivity contribution >= 4 is 23.3 Å². The molecule has 5 aromatic carbocycles. The van der Waals surface area contributed by atoms with E-state index in [1.165, 1.54) is 0 Å². The van der Waals surface area contributed by atoms with Gasteiger partial charge in [-0.3, -0.25) is 14.7 Å². The van der Waals surface area contributed by atoms with Gasteiger partial charge in [-0.1, -0.05) is 153 Å². The van der Waals surface area contributed by atoms with Crippen molar-refractivity contribution in [3.63, 3.8) is 0 Å². The van der Waals surface area contributed by atoms with Crippen LogP contribution in [-0.4, -0.2) is 42.4 Å². The molecule has 1 aliphatic carbocycles. The molecule has 52 heavy (non-hydrogen) atoms. The van der Waals surface area contributed by atoms with Gasteiger partial charge in [-0.05, 0) is 76.1 Å². The number of rotatable bonds is 11. The van der Waals surface area contributed by atoms with Crippen LogP contribution in [0.15, 0.2) is 138 Å². The summed E-state index contributed by atoms with van der Waals surface area (Å²) in [5.74, 6) is 1.61. The fraction of sp³-hybridized carbons (Fsp3) is 0.250. The zero-order chi connectivity index (χ0) is 35.5. The fourth-order valence-electron chi connectivity index (χ4n) is 7.97. The fourth-order valence-corrected chi connectivity index (χ4v) is 8.14. The van der Waals surface area contributed by atoms with Crippen molar-refractivity contribution in [1.82, 2.24) is 25.1 Å². The SMILES string of the molecule is CCCCC1=NC2(CCCC2)C(=O)N1Cc1ccc(-c2cc(Cl)ccc2-c2nnn(C(c3ccccc3)(c3ccccc3)c3ccccc3)n2)cc1. The van der Waals surface area contributed by atoms with Gasteiger partial charge in [0.05, 0.1) is 6.54 Å². The van der Waals surface area contributed by atoms with Crippen molar-refractivity contribution in [2.24, 2.45) is 4.99 Å². The van der Waals surface area contributed by atoms with Crippen LogP contribution < -0.4 is 0 Å². The number of halogens is 1. The number of aliphatic imine (C=N–C) groups is 1. The van der Waals surface area contributed by atoms with E-state index < -0.39 is 11.1 Å². The second kappa shape index (κ2) is 14.3. The Morgan fingerprint density at radius 2 is 1.35 bits per heavy atom. The number of carbonyl (C=O) groups is 1. The summed E-state index contributed by atoms with van der Waals surface area (Å²) >= 11 is 6.63. The van der Waals surface area contributed by atoms with Crippen molar-refractivity contribution < 1.29 is 4.79 Å². The first-order valence-electron chi connectivity index (χ1n) is 18.3. The minimum absolute atomic E-state index is 0.170. The van der Waals surface area contributed by atoms with E-state index in [1.54, 1.807) is 4.80 Å². The average Bonchev–Trinajstić information content (AvgIpc) is 3.94. The molecule has 2 heterocycles. The molecule has 260 valence electrons. The van der Waals surface area contributed by atoms with E-state index in [9.17, 15) is 4.79 Å². The topological polar surface area (TPSA) is 76.3 Å². The minimum Gasteiger partial charge on any atom is -0.294 e. The molecule has 0 atom stereocenters. The molecule has 8 heteroatoms. The molecule has 0 bridgehead atoms. The first-order valence-corrected chi connectivity index (χ1v) is 18.7. The van der Waals surface area contributed by atoms with Gasteiger partial charge in [-0.2, -0.15) is 0 Å². The smallest absolute Gasteiger partial charge is 0.256 e. The van der Waals surface area contributed by atoms with Crippen LogP contribution in [0.25, 0.3) is 22.5 Å². The Labute approximate surface area is 310 Å². The number of nitrogens with zero attached hydrogens (tertiary/aromatic N) is 6. The van der Waals surface area contributed by atoms with Gasteiger partial charge in [0.1, 0.15) is 11.4 Å². The maximum atomic E-state index is 13.8. The maximum Gasteiger partial charge on any atom is 0.256 e. The number of benzene rings is 5. The summed E-state index contributed by atoms with van der Waals surface area (Å²) in [5.41, 5.74) is 5.37. The molecule has 7 nitrogen and oxygen atoms in total. The standard InChI is InChI=1S/C44H41ClN6O/c1-2-3-21-40-46-43(28-13-14-29-43)42(52)50(40)31-32-22-24-33(25-23-32)39-30-37(45)26-27-38(39)41-47-49-51(48-41)44(34-15-7-4-8-16-34,35-17-9-5-10-18-35)36-19-11-6-12-20-36/h4-12,15-20,22-27,30H,2-3,13-14,21,28-29,31H2,1H3. The van der Waals surface area contributed by atoms with Gasteiger partial charge >= 0.3 is 0 Å². The van der Waals surface area contributed by atoms with Crippen LogP contribution in [0.5, 0.6) is 0 Å². The van der Waals surface area contributed by atoms with Crippen LogP contribution in [0.3, 0.4) is 0 Å². The van der Waals surface area contributed by atoms with Crippen molar-refractivity contribution in [3.8, 4) is 22.5 Å². The quantitative estimate of drug-likeness (QED) is 0.126. The lowest BCUT2D eigenvalue weighted by Crippen LogP contribution is -2.40. The first kappa shape index (κ1) is 33.7. The Balaban J connectivity index is 1.16. The molecular weight excluding hydrogens is 664 g/mol. The number of amidine groups is 1. The van der Waals surface area contributed by atoms with Gasteiger partial charge in [0.25, 0.3) is 5.91 Å². The van der Waals surface area contributed by atoms with Crippen LogP contribution in [-0.2, 0) is 16.9 Å². The van der Waals surface area contributed by atoms with Crippen LogP contribution in [0.4, 0.5) is 0 Å². The van der Waals surface area contributed by atoms with E-state index in [4.69, 9.17) is 32.0 Å². The van der Waals surface area contributed by atoms with Gasteiger partial charge in [-0.15, -0.1) is 15.0 Å². The van der Waals surface area contributed by atoms with E-state index >= 15 is 0 Å². The van der Waals surface area contributed by atoms with Gasteiger partial charge in [0.2, 0.25) is 5.82 Å². The van der Waals surface area contributed by atoms with E-state index in [-0.39, 0.29) is 5.91 Å². The van der Waals surface area contributed by atoms with E-state index in [0.717, 1.165) is 89.7 Å². The van der Waals surface area contributed by atoms with Crippen LogP contribution in [0.2, 0.25) is 5.02 Å². The van der Waals surface area contributed by atoms with Gasteiger partial charge in [0, 0.05) is 17.0 Å². The number of carbonyl (C=O) groups excluding carboxylic acids is 1. The molecule has 1 amide bonds. The van der Waals surface area contributed by atoms with Crippen molar-refractivity contribution in [3.05, 3.63) is 161 Å². The third-order valence-electron chi connectivity index (χ3n) is 10.6. The molecule has 1 saturated carbocycles. The molecule has 1 aromatic heterocycles. The summed E-state index contributed by atoms with van der Waals surface area (Å²) < 4.78 is 0. The van der Waals surface area contributed by atoms with Crippen LogP contribution >= 0.6 is 11.6 Å². The summed E-state index contributed by atoms with van der Waals surface area (Å²) in [5, 5.41) is 15.2. The van der Waals surface area contributed by atoms with Crippen LogP contribution in [0, 0.1) is 0 Å². The molecule has 0 unspecified atom stereocenters. The lowest BCUT2D eigenvalue weighted by atomic mass is 9.77. The molecule has 1 spiro atoms. The van der Waals surface area contributed by atoms with Gasteiger partial charge < -0.3 is 0 Å². The Morgan fingerprint density at radius 3 is 1.92 bits per heavy atom. The van der Waals surface area contributed by atoms with Crippen molar-refractivity contribution in [2.75, 3.05) is 0 Å². The summed E-state index contributed by atoms with van der Waals surface area (Å²) in [4.78, 5) is 22.5. The van der Waals surface area contributed by atoms with Crippen LogP contribution in [0.1, 0.15) is 74.1 Å². The average molecular weight is 705 g/mol. The Kier molecular flexibility index (Phi) is 9.29. The summed E-state index contributed by atoms with van der Waals surface area (Å²) in [6.07, 6.45) is 6.77. The summed E-state index contributed by atoms with van der Waals surface area (Å²) in [6, 6.07) is 45.1. The number of aromatic nitrogens is 4. The second-order valence-electron chi connectivity index (χ2n) is 13.9. The normalized spacial score (nSPS) is 15.4. The number of unbranched alkanes of at least 4 members (excludes halogenated alkanes) is 1. The largest absolute Gasteiger partial charge is 0.294 e. The highest BCUT2D eigenvalue weighted by atomic mass is 35.5. The highest BCUT2D eigenvalue weighted by Gasteiger charge is 2.49. The number of tetrazole rings is 1. The molecule has 1 aliphatic heterocycles. The third kappa shape index (κ3) is 6.03. The second-order valence-corrected chi connectivity index (χ2v) is 14.3. The predicted octanol–water partition coefficient (Wildman–Crippen LogP) is 9.74. The molecule has 2 aliphatic rings. The monoisotopic (exact) mass is 704 g/mol. The number of hydrogen-bond acceptors (Lipinski definition) is 5. The lowest BCUT2D eigenvalue weighted by molar-refractivity contribution is -0.131. The molecule has 0 radical (unpaired) electrons. The number of amides is 1. The van der Waals surface area contributed by atoms with Crippen molar-refractivity contribution in [2.45, 2.75) is 69.5 Å². The number of hydrogen-bond donors (Lipinski definition) is 0.